The number of hydrogen-bond donors (Lipinski definition) is 0. The molecule has 0 radical (unpaired) electrons. The third kappa shape index (κ3) is 5.61. The van der Waals surface area contributed by atoms with Crippen molar-refractivity contribution in [3.8, 4) is 0 Å². The summed E-state index contributed by atoms with van der Waals surface area (Å²) in [4.78, 5) is 2.45. The first-order valence-electron chi connectivity index (χ1n) is 6.10. The number of likely N-dealkylation sites (N-methyl/N-ethyl adjacent to an activating group) is 2. The van der Waals surface area contributed by atoms with E-state index in [1.54, 1.807) is 0 Å². The van der Waals surface area contributed by atoms with Gasteiger partial charge < -0.3 is 9.38 Å². The first kappa shape index (κ1) is 13.9. The summed E-state index contributed by atoms with van der Waals surface area (Å²) in [7, 11) is 4.61. The molecule has 2 heteroatoms. The third-order valence-corrected chi connectivity index (χ3v) is 3.15. The van der Waals surface area contributed by atoms with Crippen LogP contribution in [0.2, 0.25) is 0 Å². The Morgan fingerprint density at radius 1 is 0.929 bits per heavy atom. The molecule has 0 spiro atoms. The molecule has 14 heavy (non-hydrogen) atoms. The Hall–Kier alpha value is -0.0800. The Balaban J connectivity index is 3.81. The van der Waals surface area contributed by atoms with E-state index in [9.17, 15) is 0 Å². The van der Waals surface area contributed by atoms with Gasteiger partial charge in [0.1, 0.15) is 0 Å². The van der Waals surface area contributed by atoms with Crippen LogP contribution in [0.15, 0.2) is 0 Å². The highest BCUT2D eigenvalue weighted by Crippen LogP contribution is 2.03. The van der Waals surface area contributed by atoms with Crippen molar-refractivity contribution in [2.75, 3.05) is 46.8 Å². The highest BCUT2D eigenvalue weighted by atomic mass is 15.3. The molecule has 0 aromatic rings. The lowest BCUT2D eigenvalue weighted by Crippen LogP contribution is -2.48. The zero-order valence-corrected chi connectivity index (χ0v) is 10.8. The summed E-state index contributed by atoms with van der Waals surface area (Å²) in [6.07, 6.45) is 2.56. The molecule has 0 aliphatic heterocycles. The van der Waals surface area contributed by atoms with Gasteiger partial charge in [-0.25, -0.2) is 0 Å². The molecule has 0 rings (SSSR count). The van der Waals surface area contributed by atoms with E-state index in [0.717, 1.165) is 0 Å². The second-order valence-corrected chi connectivity index (χ2v) is 4.69. The van der Waals surface area contributed by atoms with Gasteiger partial charge in [0.25, 0.3) is 0 Å². The Kier molecular flexibility index (Phi) is 7.20. The van der Waals surface area contributed by atoms with Gasteiger partial charge in [-0.2, -0.15) is 0 Å². The van der Waals surface area contributed by atoms with Crippen LogP contribution in [0.25, 0.3) is 0 Å². The Labute approximate surface area is 90.5 Å². The minimum absolute atomic E-state index is 1.23. The SMILES string of the molecule is CCCN(C)CC[N+](C)(CC)CCC. The van der Waals surface area contributed by atoms with E-state index in [-0.39, 0.29) is 0 Å². The molecule has 1 unspecified atom stereocenters. The summed E-state index contributed by atoms with van der Waals surface area (Å²) in [6, 6.07) is 0. The Bertz CT molecular complexity index is 136. The fourth-order valence-electron chi connectivity index (χ4n) is 1.87. The van der Waals surface area contributed by atoms with Crippen LogP contribution in [-0.2, 0) is 0 Å². The summed E-state index contributed by atoms with van der Waals surface area (Å²) in [5.41, 5.74) is 0. The Morgan fingerprint density at radius 2 is 1.57 bits per heavy atom. The van der Waals surface area contributed by atoms with Crippen molar-refractivity contribution in [1.29, 1.82) is 0 Å². The summed E-state index contributed by atoms with van der Waals surface area (Å²) in [5.74, 6) is 0. The average molecular weight is 201 g/mol. The number of hydrogen-bond acceptors (Lipinski definition) is 1. The van der Waals surface area contributed by atoms with Crippen LogP contribution in [0, 0.1) is 0 Å². The molecule has 0 aliphatic carbocycles. The smallest absolute Gasteiger partial charge is 0.0913 e. The van der Waals surface area contributed by atoms with E-state index in [1.165, 1.54) is 50.0 Å². The fraction of sp³-hybridized carbons (Fsp3) is 1.00. The molecule has 86 valence electrons. The molecule has 0 fully saturated rings. The molecule has 0 bridgehead atoms. The van der Waals surface area contributed by atoms with E-state index < -0.39 is 0 Å². The number of quaternary nitrogens is 1. The lowest BCUT2D eigenvalue weighted by molar-refractivity contribution is -0.907. The van der Waals surface area contributed by atoms with Crippen molar-refractivity contribution < 1.29 is 4.48 Å². The van der Waals surface area contributed by atoms with Gasteiger partial charge in [-0.15, -0.1) is 0 Å². The van der Waals surface area contributed by atoms with Crippen molar-refractivity contribution in [2.45, 2.75) is 33.6 Å². The van der Waals surface area contributed by atoms with E-state index in [2.05, 4.69) is 39.8 Å². The molecule has 0 N–H and O–H groups in total. The van der Waals surface area contributed by atoms with Gasteiger partial charge in [0.15, 0.2) is 0 Å². The standard InChI is InChI=1S/C12H29N2/c1-6-9-13(4)10-12-14(5,8-3)11-7-2/h6-12H2,1-5H3/q+1. The molecule has 2 nitrogen and oxygen atoms in total. The molecule has 0 aromatic heterocycles. The second kappa shape index (κ2) is 7.24. The van der Waals surface area contributed by atoms with Gasteiger partial charge in [-0.3, -0.25) is 0 Å². The molecule has 0 heterocycles. The molecule has 0 aliphatic rings. The monoisotopic (exact) mass is 201 g/mol. The fourth-order valence-corrected chi connectivity index (χ4v) is 1.87. The Morgan fingerprint density at radius 3 is 2.00 bits per heavy atom. The summed E-state index contributed by atoms with van der Waals surface area (Å²) in [5, 5.41) is 0. The molecule has 0 amide bonds. The normalized spacial score (nSPS) is 15.9. The van der Waals surface area contributed by atoms with Gasteiger partial charge in [-0.1, -0.05) is 13.8 Å². The molecule has 0 aromatic carbocycles. The van der Waals surface area contributed by atoms with Crippen LogP contribution < -0.4 is 0 Å². The lowest BCUT2D eigenvalue weighted by atomic mass is 10.3. The van der Waals surface area contributed by atoms with Gasteiger partial charge in [0.05, 0.1) is 26.7 Å². The zero-order chi connectivity index (χ0) is 11.0. The third-order valence-electron chi connectivity index (χ3n) is 3.15. The minimum atomic E-state index is 1.23. The molecule has 0 saturated carbocycles. The summed E-state index contributed by atoms with van der Waals surface area (Å²) in [6.45, 7) is 13.2. The molecular formula is C12H29N2+. The van der Waals surface area contributed by atoms with Crippen LogP contribution in [0.4, 0.5) is 0 Å². The van der Waals surface area contributed by atoms with E-state index >= 15 is 0 Å². The minimum Gasteiger partial charge on any atom is -0.325 e. The van der Waals surface area contributed by atoms with Gasteiger partial charge in [-0.05, 0) is 33.4 Å². The maximum Gasteiger partial charge on any atom is 0.0913 e. The molecule has 1 atom stereocenters. The molecule has 0 saturated heterocycles. The molecular weight excluding hydrogens is 172 g/mol. The maximum atomic E-state index is 2.45. The van der Waals surface area contributed by atoms with Gasteiger partial charge in [0, 0.05) is 6.54 Å². The van der Waals surface area contributed by atoms with Gasteiger partial charge >= 0.3 is 0 Å². The zero-order valence-electron chi connectivity index (χ0n) is 10.8. The summed E-state index contributed by atoms with van der Waals surface area (Å²) >= 11 is 0. The number of nitrogens with zero attached hydrogens (tertiary/aromatic N) is 2. The first-order valence-corrected chi connectivity index (χ1v) is 6.10. The maximum absolute atomic E-state index is 2.45. The van der Waals surface area contributed by atoms with Gasteiger partial charge in [0.2, 0.25) is 0 Å². The highest BCUT2D eigenvalue weighted by molar-refractivity contribution is 4.49. The van der Waals surface area contributed by atoms with Crippen molar-refractivity contribution >= 4 is 0 Å². The van der Waals surface area contributed by atoms with Crippen LogP contribution >= 0.6 is 0 Å². The largest absolute Gasteiger partial charge is 0.325 e. The van der Waals surface area contributed by atoms with Crippen molar-refractivity contribution in [2.24, 2.45) is 0 Å². The first-order chi connectivity index (χ1) is 6.58. The summed E-state index contributed by atoms with van der Waals surface area (Å²) < 4.78 is 1.23. The average Bonchev–Trinajstić information content (AvgIpc) is 2.16. The van der Waals surface area contributed by atoms with Crippen molar-refractivity contribution in [3.63, 3.8) is 0 Å². The number of rotatable bonds is 8. The van der Waals surface area contributed by atoms with E-state index in [0.29, 0.717) is 0 Å². The van der Waals surface area contributed by atoms with Crippen molar-refractivity contribution in [1.82, 2.24) is 4.90 Å². The quantitative estimate of drug-likeness (QED) is 0.544. The predicted molar refractivity (Wildman–Crippen MR) is 64.5 cm³/mol. The predicted octanol–water partition coefficient (Wildman–Crippen LogP) is 2.20. The lowest BCUT2D eigenvalue weighted by Gasteiger charge is -2.34. The van der Waals surface area contributed by atoms with Crippen molar-refractivity contribution in [3.05, 3.63) is 0 Å². The van der Waals surface area contributed by atoms with Crippen LogP contribution in [0.1, 0.15) is 33.6 Å². The van der Waals surface area contributed by atoms with E-state index in [4.69, 9.17) is 0 Å². The van der Waals surface area contributed by atoms with E-state index in [1.807, 2.05) is 0 Å². The van der Waals surface area contributed by atoms with Crippen LogP contribution in [-0.4, -0.2) is 56.2 Å². The van der Waals surface area contributed by atoms with Crippen LogP contribution in [0.5, 0.6) is 0 Å². The van der Waals surface area contributed by atoms with Crippen LogP contribution in [0.3, 0.4) is 0 Å². The second-order valence-electron chi connectivity index (χ2n) is 4.69. The topological polar surface area (TPSA) is 3.24 Å². The highest BCUT2D eigenvalue weighted by Gasteiger charge is 2.17.